The molecular weight excluding hydrogens is 230 g/mol. The first-order valence-electron chi connectivity index (χ1n) is 5.22. The van der Waals surface area contributed by atoms with Gasteiger partial charge in [-0.15, -0.1) is 11.3 Å². The van der Waals surface area contributed by atoms with Gasteiger partial charge < -0.3 is 0 Å². The van der Waals surface area contributed by atoms with Crippen molar-refractivity contribution in [1.82, 2.24) is 9.38 Å². The third-order valence-corrected chi connectivity index (χ3v) is 3.67. The Morgan fingerprint density at radius 1 is 1.29 bits per heavy atom. The van der Waals surface area contributed by atoms with E-state index in [4.69, 9.17) is 5.26 Å². The fourth-order valence-electron chi connectivity index (χ4n) is 1.86. The van der Waals surface area contributed by atoms with Crippen LogP contribution in [0.2, 0.25) is 0 Å². The topological polar surface area (TPSA) is 41.1 Å². The molecule has 0 saturated heterocycles. The van der Waals surface area contributed by atoms with Crippen LogP contribution < -0.4 is 0 Å². The summed E-state index contributed by atoms with van der Waals surface area (Å²) in [7, 11) is 0. The van der Waals surface area contributed by atoms with Crippen molar-refractivity contribution in [1.29, 1.82) is 5.26 Å². The minimum atomic E-state index is 0.670. The fourth-order valence-corrected chi connectivity index (χ4v) is 2.65. The maximum Gasteiger partial charge on any atom is 0.145 e. The third kappa shape index (κ3) is 1.52. The average Bonchev–Trinajstić information content (AvgIpc) is 2.94. The van der Waals surface area contributed by atoms with Crippen molar-refractivity contribution in [2.45, 2.75) is 6.92 Å². The molecule has 0 amide bonds. The Labute approximate surface area is 103 Å². The number of nitrogens with zero attached hydrogens (tertiary/aromatic N) is 3. The van der Waals surface area contributed by atoms with Gasteiger partial charge >= 0.3 is 0 Å². The van der Waals surface area contributed by atoms with Crippen LogP contribution in [0.5, 0.6) is 0 Å². The normalized spacial score (nSPS) is 10.6. The number of aryl methyl sites for hydroxylation is 1. The number of aromatic nitrogens is 2. The van der Waals surface area contributed by atoms with Crippen molar-refractivity contribution in [2.75, 3.05) is 0 Å². The van der Waals surface area contributed by atoms with Crippen LogP contribution in [0.4, 0.5) is 0 Å². The molecule has 0 bridgehead atoms. The van der Waals surface area contributed by atoms with Crippen LogP contribution in [0, 0.1) is 18.3 Å². The molecule has 82 valence electrons. The molecule has 3 aromatic rings. The molecule has 4 heteroatoms. The first-order valence-corrected chi connectivity index (χ1v) is 6.10. The quantitative estimate of drug-likeness (QED) is 0.654. The Kier molecular flexibility index (Phi) is 2.20. The van der Waals surface area contributed by atoms with E-state index in [1.165, 1.54) is 4.83 Å². The molecule has 0 unspecified atom stereocenters. The van der Waals surface area contributed by atoms with Crippen molar-refractivity contribution in [2.24, 2.45) is 0 Å². The summed E-state index contributed by atoms with van der Waals surface area (Å²) < 4.78 is 2.08. The molecule has 0 aliphatic rings. The Morgan fingerprint density at radius 2 is 2.06 bits per heavy atom. The van der Waals surface area contributed by atoms with Gasteiger partial charge in [0.25, 0.3) is 0 Å². The summed E-state index contributed by atoms with van der Waals surface area (Å²) >= 11 is 1.69. The van der Waals surface area contributed by atoms with Gasteiger partial charge in [0, 0.05) is 17.1 Å². The average molecular weight is 239 g/mol. The summed E-state index contributed by atoms with van der Waals surface area (Å²) in [6, 6.07) is 9.62. The summed E-state index contributed by atoms with van der Waals surface area (Å²) in [6.45, 7) is 2.01. The van der Waals surface area contributed by atoms with E-state index in [1.54, 1.807) is 11.3 Å². The highest BCUT2D eigenvalue weighted by molar-refractivity contribution is 7.15. The van der Waals surface area contributed by atoms with Crippen LogP contribution in [-0.4, -0.2) is 9.38 Å². The molecule has 1 aromatic carbocycles. The molecule has 3 nitrogen and oxygen atoms in total. The largest absolute Gasteiger partial charge is 0.290 e. The highest BCUT2D eigenvalue weighted by Crippen LogP contribution is 2.25. The summed E-state index contributed by atoms with van der Waals surface area (Å²) in [5.41, 5.74) is 2.74. The van der Waals surface area contributed by atoms with Crippen LogP contribution in [0.3, 0.4) is 0 Å². The number of rotatable bonds is 1. The van der Waals surface area contributed by atoms with Crippen LogP contribution >= 0.6 is 11.3 Å². The van der Waals surface area contributed by atoms with E-state index in [1.807, 2.05) is 37.4 Å². The van der Waals surface area contributed by atoms with Crippen LogP contribution in [-0.2, 0) is 0 Å². The number of nitriles is 1. The standard InChI is InChI=1S/C13H9N3S/c1-9-13-16(6-7-17-13)12(15-9)11-4-2-10(8-14)3-5-11/h2-7H,1H3. The number of thiazole rings is 1. The molecular formula is C13H9N3S. The van der Waals surface area contributed by atoms with Crippen LogP contribution in [0.25, 0.3) is 16.2 Å². The highest BCUT2D eigenvalue weighted by Gasteiger charge is 2.10. The molecule has 3 rings (SSSR count). The van der Waals surface area contributed by atoms with Gasteiger partial charge in [-0.3, -0.25) is 4.40 Å². The summed E-state index contributed by atoms with van der Waals surface area (Å²) in [5.74, 6) is 0.934. The zero-order valence-corrected chi connectivity index (χ0v) is 10.0. The van der Waals surface area contributed by atoms with Crippen LogP contribution in [0.15, 0.2) is 35.8 Å². The van der Waals surface area contributed by atoms with E-state index in [9.17, 15) is 0 Å². The SMILES string of the molecule is Cc1nc(-c2ccc(C#N)cc2)n2ccsc12. The Morgan fingerprint density at radius 3 is 2.76 bits per heavy atom. The van der Waals surface area contributed by atoms with E-state index in [-0.39, 0.29) is 0 Å². The van der Waals surface area contributed by atoms with Gasteiger partial charge in [0.05, 0.1) is 17.3 Å². The number of imidazole rings is 1. The number of fused-ring (bicyclic) bond motifs is 1. The second-order valence-corrected chi connectivity index (χ2v) is 4.68. The number of benzene rings is 1. The fraction of sp³-hybridized carbons (Fsp3) is 0.0769. The van der Waals surface area contributed by atoms with Crippen molar-refractivity contribution in [3.05, 3.63) is 47.1 Å². The Bertz CT molecular complexity index is 713. The molecule has 2 aromatic heterocycles. The third-order valence-electron chi connectivity index (χ3n) is 2.69. The summed E-state index contributed by atoms with van der Waals surface area (Å²) in [6.07, 6.45) is 2.02. The monoisotopic (exact) mass is 239 g/mol. The van der Waals surface area contributed by atoms with Gasteiger partial charge in [0.1, 0.15) is 10.7 Å². The maximum atomic E-state index is 8.77. The van der Waals surface area contributed by atoms with E-state index < -0.39 is 0 Å². The minimum absolute atomic E-state index is 0.670. The molecule has 0 N–H and O–H groups in total. The van der Waals surface area contributed by atoms with E-state index in [0.717, 1.165) is 17.1 Å². The van der Waals surface area contributed by atoms with Crippen molar-refractivity contribution >= 4 is 16.2 Å². The smallest absolute Gasteiger partial charge is 0.145 e. The summed E-state index contributed by atoms with van der Waals surface area (Å²) in [4.78, 5) is 5.74. The molecule has 0 atom stereocenters. The zero-order valence-electron chi connectivity index (χ0n) is 9.21. The number of hydrogen-bond donors (Lipinski definition) is 0. The molecule has 17 heavy (non-hydrogen) atoms. The van der Waals surface area contributed by atoms with Gasteiger partial charge in [-0.2, -0.15) is 5.26 Å². The first kappa shape index (κ1) is 10.1. The molecule has 0 radical (unpaired) electrons. The highest BCUT2D eigenvalue weighted by atomic mass is 32.1. The van der Waals surface area contributed by atoms with Gasteiger partial charge in [-0.05, 0) is 31.2 Å². The predicted molar refractivity (Wildman–Crippen MR) is 68.0 cm³/mol. The summed E-state index contributed by atoms with van der Waals surface area (Å²) in [5, 5.41) is 10.8. The van der Waals surface area contributed by atoms with Gasteiger partial charge in [0.15, 0.2) is 0 Å². The zero-order chi connectivity index (χ0) is 11.8. The minimum Gasteiger partial charge on any atom is -0.290 e. The second kappa shape index (κ2) is 3.72. The molecule has 0 spiro atoms. The number of hydrogen-bond acceptors (Lipinski definition) is 3. The Balaban J connectivity index is 2.20. The molecule has 2 heterocycles. The molecule has 0 fully saturated rings. The predicted octanol–water partition coefficient (Wildman–Crippen LogP) is 3.24. The van der Waals surface area contributed by atoms with Crippen LogP contribution in [0.1, 0.15) is 11.3 Å². The lowest BCUT2D eigenvalue weighted by molar-refractivity contribution is 1.17. The van der Waals surface area contributed by atoms with E-state index in [2.05, 4.69) is 20.8 Å². The second-order valence-electron chi connectivity index (χ2n) is 3.79. The van der Waals surface area contributed by atoms with Crippen molar-refractivity contribution in [3.8, 4) is 17.5 Å². The Hall–Kier alpha value is -2.12. The van der Waals surface area contributed by atoms with Gasteiger partial charge in [-0.1, -0.05) is 0 Å². The van der Waals surface area contributed by atoms with Crippen molar-refractivity contribution < 1.29 is 0 Å². The maximum absolute atomic E-state index is 8.77. The lowest BCUT2D eigenvalue weighted by Gasteiger charge is -1.98. The van der Waals surface area contributed by atoms with Gasteiger partial charge in [-0.25, -0.2) is 4.98 Å². The molecule has 0 aliphatic carbocycles. The van der Waals surface area contributed by atoms with E-state index >= 15 is 0 Å². The van der Waals surface area contributed by atoms with E-state index in [0.29, 0.717) is 5.56 Å². The van der Waals surface area contributed by atoms with Crippen molar-refractivity contribution in [3.63, 3.8) is 0 Å². The molecule has 0 saturated carbocycles. The first-order chi connectivity index (χ1) is 8.29. The van der Waals surface area contributed by atoms with Gasteiger partial charge in [0.2, 0.25) is 0 Å². The molecule has 0 aliphatic heterocycles. The lowest BCUT2D eigenvalue weighted by atomic mass is 10.1. The lowest BCUT2D eigenvalue weighted by Crippen LogP contribution is -1.86.